The molecule has 1 amide bonds. The van der Waals surface area contributed by atoms with E-state index in [9.17, 15) is 17.6 Å². The number of hydrogen-bond donors (Lipinski definition) is 1. The highest BCUT2D eigenvalue weighted by atomic mass is 35.5. The van der Waals surface area contributed by atoms with E-state index >= 15 is 0 Å². The van der Waals surface area contributed by atoms with Gasteiger partial charge in [-0.1, -0.05) is 11.6 Å². The number of halogens is 2. The largest absolute Gasteiger partial charge is 0.338 e. The lowest BCUT2D eigenvalue weighted by atomic mass is 10.3. The third-order valence-electron chi connectivity index (χ3n) is 4.65. The molecule has 1 fully saturated rings. The van der Waals surface area contributed by atoms with E-state index in [-0.39, 0.29) is 20.8 Å². The molecule has 0 spiro atoms. The van der Waals surface area contributed by atoms with E-state index in [4.69, 9.17) is 11.6 Å². The molecule has 1 aliphatic heterocycles. The first-order valence-corrected chi connectivity index (χ1v) is 12.6. The molecule has 4 rings (SSSR count). The monoisotopic (exact) mass is 485 g/mol. The Hall–Kier alpha value is -2.01. The van der Waals surface area contributed by atoms with Crippen LogP contribution in [0.1, 0.15) is 28.2 Å². The molecular formula is C19H17ClFN3O3S3. The molecule has 6 nitrogen and oxygen atoms in total. The lowest BCUT2D eigenvalue weighted by molar-refractivity contribution is 0.0796. The van der Waals surface area contributed by atoms with Gasteiger partial charge in [0.05, 0.1) is 16.4 Å². The number of thiazole rings is 1. The molecule has 0 atom stereocenters. The number of nitrogens with zero attached hydrogens (tertiary/aromatic N) is 2. The first-order chi connectivity index (χ1) is 14.2. The van der Waals surface area contributed by atoms with Gasteiger partial charge in [-0.15, -0.1) is 22.7 Å². The van der Waals surface area contributed by atoms with Crippen LogP contribution >= 0.6 is 34.3 Å². The second-order valence-electron chi connectivity index (χ2n) is 6.82. The maximum atomic E-state index is 13.2. The lowest BCUT2D eigenvalue weighted by Crippen LogP contribution is -2.27. The zero-order valence-electron chi connectivity index (χ0n) is 15.8. The van der Waals surface area contributed by atoms with Gasteiger partial charge in [0, 0.05) is 24.0 Å². The summed E-state index contributed by atoms with van der Waals surface area (Å²) in [5.74, 6) is -0.579. The summed E-state index contributed by atoms with van der Waals surface area (Å²) in [6, 6.07) is 4.94. The van der Waals surface area contributed by atoms with Crippen molar-refractivity contribution in [2.75, 3.05) is 17.8 Å². The number of sulfonamides is 1. The third kappa shape index (κ3) is 4.22. The maximum absolute atomic E-state index is 13.2. The molecule has 1 aliphatic rings. The number of likely N-dealkylation sites (tertiary alicyclic amines) is 1. The standard InChI is InChI=1S/C19H17ClFN3O3S3/c1-11-17(19(25)24-6-2-3-7-24)29-18(22-11)12-8-16(28-10-12)30(26,27)23-15-5-4-13(21)9-14(15)20/h4-5,8-10,23H,2-3,6-7H2,1H3. The number of carbonyl (C=O) groups excluding carboxylic acids is 1. The third-order valence-corrected chi connectivity index (χ3v) is 8.96. The zero-order valence-corrected chi connectivity index (χ0v) is 19.0. The Labute approximate surface area is 186 Å². The average Bonchev–Trinajstić information content (AvgIpc) is 3.43. The van der Waals surface area contributed by atoms with Gasteiger partial charge in [0.15, 0.2) is 0 Å². The Morgan fingerprint density at radius 3 is 2.70 bits per heavy atom. The minimum absolute atomic E-state index is 0.0237. The lowest BCUT2D eigenvalue weighted by Gasteiger charge is -2.13. The van der Waals surface area contributed by atoms with Crippen LogP contribution in [0.5, 0.6) is 0 Å². The number of rotatable bonds is 5. The van der Waals surface area contributed by atoms with Crippen molar-refractivity contribution in [1.82, 2.24) is 9.88 Å². The molecule has 1 aromatic carbocycles. The first-order valence-electron chi connectivity index (χ1n) is 9.08. The van der Waals surface area contributed by atoms with Crippen LogP contribution in [-0.2, 0) is 10.0 Å². The van der Waals surface area contributed by atoms with Crippen molar-refractivity contribution >= 4 is 55.9 Å². The average molecular weight is 486 g/mol. The summed E-state index contributed by atoms with van der Waals surface area (Å²) in [5, 5.41) is 2.24. The maximum Gasteiger partial charge on any atom is 0.271 e. The predicted octanol–water partition coefficient (Wildman–Crippen LogP) is 5.01. The van der Waals surface area contributed by atoms with Gasteiger partial charge in [-0.3, -0.25) is 9.52 Å². The van der Waals surface area contributed by atoms with Crippen LogP contribution in [0, 0.1) is 12.7 Å². The van der Waals surface area contributed by atoms with Gasteiger partial charge in [0.1, 0.15) is 19.9 Å². The molecule has 2 aromatic heterocycles. The number of benzene rings is 1. The van der Waals surface area contributed by atoms with E-state index in [1.54, 1.807) is 12.3 Å². The fourth-order valence-electron chi connectivity index (χ4n) is 3.12. The quantitative estimate of drug-likeness (QED) is 0.551. The van der Waals surface area contributed by atoms with Crippen LogP contribution in [0.2, 0.25) is 5.02 Å². The zero-order chi connectivity index (χ0) is 21.5. The van der Waals surface area contributed by atoms with Crippen LogP contribution in [0.25, 0.3) is 10.6 Å². The summed E-state index contributed by atoms with van der Waals surface area (Å²) in [6.45, 7) is 3.29. The van der Waals surface area contributed by atoms with Gasteiger partial charge in [0.2, 0.25) is 0 Å². The molecular weight excluding hydrogens is 469 g/mol. The molecule has 3 heterocycles. The fourth-order valence-corrected chi connectivity index (χ4v) is 6.73. The van der Waals surface area contributed by atoms with Crippen molar-refractivity contribution in [3.05, 3.63) is 51.1 Å². The summed E-state index contributed by atoms with van der Waals surface area (Å²) in [4.78, 5) is 19.6. The van der Waals surface area contributed by atoms with Crippen LogP contribution < -0.4 is 4.72 Å². The van der Waals surface area contributed by atoms with Gasteiger partial charge in [-0.05, 0) is 44.0 Å². The molecule has 0 radical (unpaired) electrons. The molecule has 0 aliphatic carbocycles. The number of aryl methyl sites for hydroxylation is 1. The number of nitrogens with one attached hydrogen (secondary N) is 1. The van der Waals surface area contributed by atoms with E-state index in [2.05, 4.69) is 9.71 Å². The summed E-state index contributed by atoms with van der Waals surface area (Å²) < 4.78 is 41.0. The molecule has 3 aromatic rings. The van der Waals surface area contributed by atoms with Gasteiger partial charge < -0.3 is 4.90 Å². The number of aromatic nitrogens is 1. The van der Waals surface area contributed by atoms with Crippen molar-refractivity contribution in [3.8, 4) is 10.6 Å². The highest BCUT2D eigenvalue weighted by Gasteiger charge is 2.25. The van der Waals surface area contributed by atoms with Crippen LogP contribution in [0.4, 0.5) is 10.1 Å². The highest BCUT2D eigenvalue weighted by molar-refractivity contribution is 7.94. The van der Waals surface area contributed by atoms with Crippen LogP contribution in [0.3, 0.4) is 0 Å². The number of hydrogen-bond acceptors (Lipinski definition) is 6. The van der Waals surface area contributed by atoms with Crippen LogP contribution in [0.15, 0.2) is 33.9 Å². The van der Waals surface area contributed by atoms with Crippen molar-refractivity contribution in [2.45, 2.75) is 24.0 Å². The minimum Gasteiger partial charge on any atom is -0.338 e. The van der Waals surface area contributed by atoms with Crippen molar-refractivity contribution in [3.63, 3.8) is 0 Å². The van der Waals surface area contributed by atoms with Gasteiger partial charge in [-0.2, -0.15) is 0 Å². The first kappa shape index (κ1) is 21.2. The van der Waals surface area contributed by atoms with Crippen molar-refractivity contribution in [2.24, 2.45) is 0 Å². The molecule has 11 heteroatoms. The Kier molecular flexibility index (Phi) is 5.84. The number of thiophene rings is 1. The Balaban J connectivity index is 1.58. The van der Waals surface area contributed by atoms with E-state index in [1.165, 1.54) is 23.5 Å². The minimum atomic E-state index is -3.91. The van der Waals surface area contributed by atoms with E-state index in [0.29, 0.717) is 21.1 Å². The highest BCUT2D eigenvalue weighted by Crippen LogP contribution is 2.35. The fraction of sp³-hybridized carbons (Fsp3) is 0.263. The van der Waals surface area contributed by atoms with E-state index in [1.807, 2.05) is 4.90 Å². The molecule has 0 unspecified atom stereocenters. The normalized spacial score (nSPS) is 14.3. The Morgan fingerprint density at radius 1 is 1.27 bits per heavy atom. The smallest absolute Gasteiger partial charge is 0.271 e. The summed E-state index contributed by atoms with van der Waals surface area (Å²) in [5.41, 5.74) is 1.36. The molecule has 30 heavy (non-hydrogen) atoms. The molecule has 1 saturated heterocycles. The van der Waals surface area contributed by atoms with Crippen molar-refractivity contribution in [1.29, 1.82) is 0 Å². The number of carbonyl (C=O) groups is 1. The van der Waals surface area contributed by atoms with Gasteiger partial charge in [-0.25, -0.2) is 17.8 Å². The summed E-state index contributed by atoms with van der Waals surface area (Å²) >= 11 is 8.22. The summed E-state index contributed by atoms with van der Waals surface area (Å²) in [6.07, 6.45) is 2.01. The topological polar surface area (TPSA) is 79.4 Å². The van der Waals surface area contributed by atoms with E-state index in [0.717, 1.165) is 49.4 Å². The molecule has 158 valence electrons. The van der Waals surface area contributed by atoms with Crippen molar-refractivity contribution < 1.29 is 17.6 Å². The Morgan fingerprint density at radius 2 is 2.00 bits per heavy atom. The van der Waals surface area contributed by atoms with Gasteiger partial charge in [0.25, 0.3) is 15.9 Å². The second-order valence-corrected chi connectivity index (χ2v) is 11.0. The second kappa shape index (κ2) is 8.26. The predicted molar refractivity (Wildman–Crippen MR) is 118 cm³/mol. The summed E-state index contributed by atoms with van der Waals surface area (Å²) in [7, 11) is -3.91. The van der Waals surface area contributed by atoms with Crippen LogP contribution in [-0.4, -0.2) is 37.3 Å². The van der Waals surface area contributed by atoms with Gasteiger partial charge >= 0.3 is 0 Å². The number of amides is 1. The van der Waals surface area contributed by atoms with E-state index < -0.39 is 15.8 Å². The molecule has 0 saturated carbocycles. The SMILES string of the molecule is Cc1nc(-c2csc(S(=O)(=O)Nc3ccc(F)cc3Cl)c2)sc1C(=O)N1CCCC1. The Bertz CT molecular complexity index is 1220. The number of anilines is 1. The molecule has 1 N–H and O–H groups in total. The molecule has 0 bridgehead atoms.